The monoisotopic (exact) mass is 550 g/mol. The topological polar surface area (TPSA) is 87.9 Å². The Morgan fingerprint density at radius 1 is 1.00 bits per heavy atom. The number of carboxylic acids is 1. The van der Waals surface area contributed by atoms with Crippen LogP contribution in [0.5, 0.6) is 0 Å². The number of benzene rings is 3. The Hall–Kier alpha value is -4.01. The molecule has 0 aliphatic carbocycles. The van der Waals surface area contributed by atoms with Gasteiger partial charge in [-0.1, -0.05) is 36.4 Å². The number of carbonyl (C=O) groups is 2. The van der Waals surface area contributed by atoms with Gasteiger partial charge in [0.05, 0.1) is 48.8 Å². The van der Waals surface area contributed by atoms with Crippen molar-refractivity contribution in [2.45, 2.75) is 57.3 Å². The lowest BCUT2D eigenvalue weighted by molar-refractivity contribution is -0.118. The number of anilines is 1. The van der Waals surface area contributed by atoms with E-state index in [2.05, 4.69) is 27.7 Å². The number of hydrogen-bond acceptors (Lipinski definition) is 5. The van der Waals surface area contributed by atoms with E-state index in [0.29, 0.717) is 32.0 Å². The molecule has 2 fully saturated rings. The summed E-state index contributed by atoms with van der Waals surface area (Å²) in [6.45, 7) is 4.70. The van der Waals surface area contributed by atoms with Crippen LogP contribution < -0.4 is 4.90 Å². The summed E-state index contributed by atoms with van der Waals surface area (Å²) >= 11 is 0. The van der Waals surface area contributed by atoms with Gasteiger partial charge >= 0.3 is 5.97 Å². The molecule has 0 radical (unpaired) electrons. The fourth-order valence-electron chi connectivity index (χ4n) is 6.61. The molecular weight excluding hydrogens is 516 g/mol. The molecule has 1 aromatic heterocycles. The van der Waals surface area contributed by atoms with Crippen LogP contribution in [-0.2, 0) is 35.6 Å². The molecular formula is C33H34N4O4. The van der Waals surface area contributed by atoms with Crippen molar-refractivity contribution < 1.29 is 19.4 Å². The number of imidazole rings is 1. The first-order valence-corrected chi connectivity index (χ1v) is 14.6. The van der Waals surface area contributed by atoms with Crippen molar-refractivity contribution in [3.05, 3.63) is 94.8 Å². The normalized spacial score (nSPS) is 19.8. The van der Waals surface area contributed by atoms with Crippen LogP contribution >= 0.6 is 0 Å². The Kier molecular flexibility index (Phi) is 6.80. The predicted octanol–water partition coefficient (Wildman–Crippen LogP) is 4.99. The van der Waals surface area contributed by atoms with Crippen molar-refractivity contribution in [2.24, 2.45) is 0 Å². The number of nitrogens with zero attached hydrogens (tertiary/aromatic N) is 4. The number of ether oxygens (including phenoxy) is 1. The summed E-state index contributed by atoms with van der Waals surface area (Å²) in [5, 5.41) is 9.53. The van der Waals surface area contributed by atoms with Crippen LogP contribution in [0.25, 0.3) is 11.0 Å². The highest BCUT2D eigenvalue weighted by molar-refractivity contribution is 5.96. The Morgan fingerprint density at radius 2 is 1.80 bits per heavy atom. The fraction of sp³-hybridized carbons (Fsp3) is 0.364. The molecule has 3 aromatic carbocycles. The number of fused-ring (bicyclic) bond motifs is 2. The number of piperidine rings is 1. The molecule has 1 N–H and O–H groups in total. The molecule has 4 aromatic rings. The van der Waals surface area contributed by atoms with E-state index in [4.69, 9.17) is 9.72 Å². The summed E-state index contributed by atoms with van der Waals surface area (Å²) in [6.07, 6.45) is 3.67. The van der Waals surface area contributed by atoms with Crippen LogP contribution in [0.2, 0.25) is 0 Å². The Balaban J connectivity index is 1.07. The number of rotatable bonds is 7. The predicted molar refractivity (Wildman–Crippen MR) is 156 cm³/mol. The quantitative estimate of drug-likeness (QED) is 0.349. The van der Waals surface area contributed by atoms with Crippen molar-refractivity contribution in [3.8, 4) is 0 Å². The van der Waals surface area contributed by atoms with E-state index >= 15 is 0 Å². The smallest absolute Gasteiger partial charge is 0.335 e. The Morgan fingerprint density at radius 3 is 2.54 bits per heavy atom. The van der Waals surface area contributed by atoms with Gasteiger partial charge < -0.3 is 19.3 Å². The van der Waals surface area contributed by atoms with Gasteiger partial charge in [-0.2, -0.15) is 0 Å². The summed E-state index contributed by atoms with van der Waals surface area (Å²) in [6, 6.07) is 21.6. The lowest BCUT2D eigenvalue weighted by atomic mass is 9.82. The molecule has 0 bridgehead atoms. The third-order valence-corrected chi connectivity index (χ3v) is 8.98. The van der Waals surface area contributed by atoms with E-state index in [1.54, 1.807) is 12.1 Å². The van der Waals surface area contributed by atoms with Crippen molar-refractivity contribution in [2.75, 3.05) is 24.6 Å². The van der Waals surface area contributed by atoms with Gasteiger partial charge in [0, 0.05) is 12.3 Å². The average molecular weight is 551 g/mol. The summed E-state index contributed by atoms with van der Waals surface area (Å²) < 4.78 is 7.88. The SMILES string of the molecule is O=C(O)c1ccc2nc(CN3CCC(c4cccc5c4CC(=O)N(c4ccccc4)C5)CC3)n(C[C@@H]3CCO3)c2c1. The number of carbonyl (C=O) groups excluding carboxylic acids is 1. The van der Waals surface area contributed by atoms with Gasteiger partial charge in [-0.05, 0) is 85.3 Å². The average Bonchev–Trinajstić information content (AvgIpc) is 3.31. The van der Waals surface area contributed by atoms with Gasteiger partial charge in [0.2, 0.25) is 5.91 Å². The molecule has 1 amide bonds. The number of para-hydroxylation sites is 1. The minimum atomic E-state index is -0.930. The highest BCUT2D eigenvalue weighted by atomic mass is 16.5. The van der Waals surface area contributed by atoms with Crippen LogP contribution in [0.1, 0.15) is 58.1 Å². The first kappa shape index (κ1) is 25.9. The van der Waals surface area contributed by atoms with Crippen LogP contribution in [0.4, 0.5) is 5.69 Å². The molecule has 3 aliphatic heterocycles. The number of carboxylic acid groups (broad SMARTS) is 1. The Bertz CT molecular complexity index is 1600. The molecule has 8 heteroatoms. The fourth-order valence-corrected chi connectivity index (χ4v) is 6.61. The molecule has 0 spiro atoms. The number of aromatic carboxylic acids is 1. The van der Waals surface area contributed by atoms with Crippen LogP contribution in [0, 0.1) is 0 Å². The zero-order valence-electron chi connectivity index (χ0n) is 23.0. The van der Waals surface area contributed by atoms with Gasteiger partial charge in [0.15, 0.2) is 0 Å². The molecule has 3 aliphatic rings. The van der Waals surface area contributed by atoms with Crippen LogP contribution in [0.15, 0.2) is 66.7 Å². The molecule has 7 rings (SSSR count). The zero-order chi connectivity index (χ0) is 27.9. The van der Waals surface area contributed by atoms with E-state index < -0.39 is 5.97 Å². The second kappa shape index (κ2) is 10.8. The highest BCUT2D eigenvalue weighted by Crippen LogP contribution is 2.36. The third kappa shape index (κ3) is 5.02. The number of aromatic nitrogens is 2. The number of hydrogen-bond donors (Lipinski definition) is 1. The first-order valence-electron chi connectivity index (χ1n) is 14.6. The van der Waals surface area contributed by atoms with E-state index in [1.165, 1.54) is 16.7 Å². The molecule has 2 saturated heterocycles. The van der Waals surface area contributed by atoms with Crippen molar-refractivity contribution >= 4 is 28.6 Å². The second-order valence-corrected chi connectivity index (χ2v) is 11.5. The molecule has 0 unspecified atom stereocenters. The molecule has 41 heavy (non-hydrogen) atoms. The maximum atomic E-state index is 13.2. The molecule has 210 valence electrons. The van der Waals surface area contributed by atoms with Gasteiger partial charge in [0.1, 0.15) is 5.82 Å². The minimum Gasteiger partial charge on any atom is -0.478 e. The zero-order valence-corrected chi connectivity index (χ0v) is 23.0. The number of amides is 1. The van der Waals surface area contributed by atoms with Gasteiger partial charge in [0.25, 0.3) is 0 Å². The van der Waals surface area contributed by atoms with E-state index in [1.807, 2.05) is 41.3 Å². The van der Waals surface area contributed by atoms with Crippen LogP contribution in [-0.4, -0.2) is 57.2 Å². The number of likely N-dealkylation sites (tertiary alicyclic amines) is 1. The standard InChI is InChI=1S/C33H34N4O4/c38-32-18-28-24(19-36(32)25-6-2-1-3-7-25)5-4-8-27(28)22-11-14-35(15-12-22)21-31-34-29-10-9-23(33(39)40)17-30(29)37(31)20-26-13-16-41-26/h1-10,17,22,26H,11-16,18-21H2,(H,39,40)/t26-/m0/s1. The van der Waals surface area contributed by atoms with Gasteiger partial charge in [-0.3, -0.25) is 9.69 Å². The van der Waals surface area contributed by atoms with E-state index in [0.717, 1.165) is 61.5 Å². The molecule has 1 atom stereocenters. The lowest BCUT2D eigenvalue weighted by Gasteiger charge is -2.35. The largest absolute Gasteiger partial charge is 0.478 e. The van der Waals surface area contributed by atoms with Crippen LogP contribution in [0.3, 0.4) is 0 Å². The maximum absolute atomic E-state index is 13.2. The third-order valence-electron chi connectivity index (χ3n) is 8.98. The van der Waals surface area contributed by atoms with Crippen molar-refractivity contribution in [1.82, 2.24) is 14.5 Å². The Labute approximate surface area is 239 Å². The summed E-state index contributed by atoms with van der Waals surface area (Å²) in [7, 11) is 0. The van der Waals surface area contributed by atoms with Gasteiger partial charge in [-0.25, -0.2) is 9.78 Å². The molecule has 8 nitrogen and oxygen atoms in total. The molecule has 0 saturated carbocycles. The highest BCUT2D eigenvalue weighted by Gasteiger charge is 2.30. The van der Waals surface area contributed by atoms with E-state index in [9.17, 15) is 14.7 Å². The van der Waals surface area contributed by atoms with Crippen molar-refractivity contribution in [3.63, 3.8) is 0 Å². The summed E-state index contributed by atoms with van der Waals surface area (Å²) in [5.41, 5.74) is 6.72. The molecule has 4 heterocycles. The minimum absolute atomic E-state index is 0.148. The lowest BCUT2D eigenvalue weighted by Crippen LogP contribution is -2.38. The van der Waals surface area contributed by atoms with E-state index in [-0.39, 0.29) is 17.6 Å². The van der Waals surface area contributed by atoms with Gasteiger partial charge in [-0.15, -0.1) is 0 Å². The second-order valence-electron chi connectivity index (χ2n) is 11.5. The van der Waals surface area contributed by atoms with Crippen molar-refractivity contribution in [1.29, 1.82) is 0 Å². The summed E-state index contributed by atoms with van der Waals surface area (Å²) in [4.78, 5) is 34.1. The summed E-state index contributed by atoms with van der Waals surface area (Å²) in [5.74, 6) is 0.618. The first-order chi connectivity index (χ1) is 20.0. The maximum Gasteiger partial charge on any atom is 0.335 e.